The zero-order valence-corrected chi connectivity index (χ0v) is 27.2. The van der Waals surface area contributed by atoms with Crippen molar-refractivity contribution in [2.75, 3.05) is 24.0 Å². The number of benzene rings is 3. The molecule has 4 bridgehead atoms. The monoisotopic (exact) mass is 656 g/mol. The van der Waals surface area contributed by atoms with Crippen molar-refractivity contribution in [3.05, 3.63) is 89.0 Å². The zero-order chi connectivity index (χ0) is 31.9. The Kier molecular flexibility index (Phi) is 8.87. The van der Waals surface area contributed by atoms with E-state index in [9.17, 15) is 17.6 Å². The van der Waals surface area contributed by atoms with Gasteiger partial charge in [0.1, 0.15) is 24.0 Å². The van der Waals surface area contributed by atoms with E-state index in [0.29, 0.717) is 47.2 Å². The van der Waals surface area contributed by atoms with Gasteiger partial charge in [-0.1, -0.05) is 29.8 Å². The summed E-state index contributed by atoms with van der Waals surface area (Å²) in [6.45, 7) is 4.77. The van der Waals surface area contributed by atoms with Crippen LogP contribution in [-0.4, -0.2) is 38.9 Å². The van der Waals surface area contributed by atoms with E-state index >= 15 is 4.39 Å². The van der Waals surface area contributed by atoms with E-state index in [2.05, 4.69) is 0 Å². The van der Waals surface area contributed by atoms with Gasteiger partial charge in [0.15, 0.2) is 0 Å². The van der Waals surface area contributed by atoms with Crippen LogP contribution in [0.4, 0.5) is 14.5 Å². The van der Waals surface area contributed by atoms with Gasteiger partial charge in [-0.05, 0) is 113 Å². The maximum absolute atomic E-state index is 15.2. The van der Waals surface area contributed by atoms with Crippen LogP contribution < -0.4 is 9.04 Å². The minimum absolute atomic E-state index is 0.123. The van der Waals surface area contributed by atoms with Gasteiger partial charge in [-0.2, -0.15) is 0 Å². The van der Waals surface area contributed by atoms with Crippen LogP contribution >= 0.6 is 11.6 Å². The second-order valence-corrected chi connectivity index (χ2v) is 15.2. The Hall–Kier alpha value is -3.17. The third-order valence-corrected chi connectivity index (χ3v) is 12.2. The van der Waals surface area contributed by atoms with Gasteiger partial charge in [0.25, 0.3) is 10.0 Å². The molecule has 45 heavy (non-hydrogen) atoms. The average Bonchev–Trinajstić information content (AvgIpc) is 3.00. The molecule has 1 unspecified atom stereocenters. The van der Waals surface area contributed by atoms with E-state index in [1.807, 2.05) is 11.8 Å². The highest BCUT2D eigenvalue weighted by Gasteiger charge is 2.55. The highest BCUT2D eigenvalue weighted by molar-refractivity contribution is 7.92. The first-order chi connectivity index (χ1) is 21.5. The molecule has 0 radical (unpaired) electrons. The summed E-state index contributed by atoms with van der Waals surface area (Å²) in [4.78, 5) is 15.7. The Morgan fingerprint density at radius 1 is 0.978 bits per heavy atom. The summed E-state index contributed by atoms with van der Waals surface area (Å²) in [6.07, 6.45) is 6.77. The van der Waals surface area contributed by atoms with Crippen LogP contribution in [0, 0.1) is 34.8 Å². The Morgan fingerprint density at radius 3 is 2.22 bits per heavy atom. The van der Waals surface area contributed by atoms with Crippen LogP contribution in [0.15, 0.2) is 71.6 Å². The molecule has 3 aromatic carbocycles. The smallest absolute Gasteiger partial charge is 0.264 e. The molecule has 1 atom stereocenters. The fourth-order valence-corrected chi connectivity index (χ4v) is 10.1. The van der Waals surface area contributed by atoms with Gasteiger partial charge < -0.3 is 9.64 Å². The molecule has 4 fully saturated rings. The maximum Gasteiger partial charge on any atom is 0.264 e. The number of carbonyl (C=O) groups is 1. The number of likely N-dealkylation sites (N-methyl/N-ethyl adjacent to an activating group) is 1. The predicted octanol–water partition coefficient (Wildman–Crippen LogP) is 8.02. The number of para-hydroxylation sites is 1. The summed E-state index contributed by atoms with van der Waals surface area (Å²) in [5.41, 5.74) is -0.206. The maximum atomic E-state index is 15.2. The molecule has 240 valence electrons. The number of sulfonamides is 1. The molecule has 0 spiro atoms. The summed E-state index contributed by atoms with van der Waals surface area (Å²) in [5.74, 6) is 0.965. The molecule has 1 amide bonds. The molecule has 7 rings (SSSR count). The Morgan fingerprint density at radius 2 is 1.60 bits per heavy atom. The lowest BCUT2D eigenvalue weighted by Gasteiger charge is -2.56. The number of nitrogens with zero attached hydrogens (tertiary/aromatic N) is 2. The number of rotatable bonds is 11. The predicted molar refractivity (Wildman–Crippen MR) is 171 cm³/mol. The number of hydrogen-bond donors (Lipinski definition) is 0. The lowest BCUT2D eigenvalue weighted by atomic mass is 9.49. The fourth-order valence-electron chi connectivity index (χ4n) is 8.38. The van der Waals surface area contributed by atoms with Gasteiger partial charge in [-0.15, -0.1) is 0 Å². The van der Waals surface area contributed by atoms with Crippen LogP contribution in [0.1, 0.15) is 64.0 Å². The Labute approximate surface area is 269 Å². The van der Waals surface area contributed by atoms with Crippen molar-refractivity contribution in [2.24, 2.45) is 23.2 Å². The summed E-state index contributed by atoms with van der Waals surface area (Å²) >= 11 is 6.00. The van der Waals surface area contributed by atoms with Crippen molar-refractivity contribution in [1.82, 2.24) is 4.90 Å². The first-order valence-electron chi connectivity index (χ1n) is 15.8. The number of anilines is 1. The van der Waals surface area contributed by atoms with Crippen LogP contribution in [0.25, 0.3) is 0 Å². The second-order valence-electron chi connectivity index (χ2n) is 13.0. The standard InChI is InChI=1S/C35H39ClF2N2O4S/c1-3-39(34(41)35-20-24-16-25(21-35)18-26(17-24)22-35)14-15-44-33-7-5-4-6-30(33)23(2)40(32-19-28(37)10-13-31(32)38)45(42,43)29-11-8-27(36)9-12-29/h4-13,19,23-26H,3,14-18,20-22H2,1-2H3. The molecule has 0 N–H and O–H groups in total. The molecule has 4 aliphatic rings. The number of halogens is 3. The summed E-state index contributed by atoms with van der Waals surface area (Å²) in [6, 6.07) is 14.2. The van der Waals surface area contributed by atoms with Crippen LogP contribution in [0.5, 0.6) is 5.75 Å². The highest BCUT2D eigenvalue weighted by atomic mass is 35.5. The van der Waals surface area contributed by atoms with Gasteiger partial charge in [0.2, 0.25) is 5.91 Å². The Balaban J connectivity index is 1.24. The third kappa shape index (κ3) is 6.18. The molecular weight excluding hydrogens is 618 g/mol. The summed E-state index contributed by atoms with van der Waals surface area (Å²) in [5, 5.41) is 0.340. The number of carbonyl (C=O) groups excluding carboxylic acids is 1. The minimum atomic E-state index is -4.39. The average molecular weight is 657 g/mol. The molecule has 0 aliphatic heterocycles. The Bertz CT molecular complexity index is 1630. The van der Waals surface area contributed by atoms with E-state index < -0.39 is 33.4 Å². The SMILES string of the molecule is CCN(CCOc1ccccc1C(C)N(c1cc(F)ccc1F)S(=O)(=O)c1ccc(Cl)cc1)C(=O)C12CC3CC(CC(C3)C1)C2. The van der Waals surface area contributed by atoms with E-state index in [4.69, 9.17) is 16.3 Å². The molecule has 3 aromatic rings. The summed E-state index contributed by atoms with van der Waals surface area (Å²) < 4.78 is 64.8. The molecule has 0 aromatic heterocycles. The lowest BCUT2D eigenvalue weighted by Crippen LogP contribution is -2.55. The van der Waals surface area contributed by atoms with Crippen LogP contribution in [0.3, 0.4) is 0 Å². The fraction of sp³-hybridized carbons (Fsp3) is 0.457. The van der Waals surface area contributed by atoms with Crippen molar-refractivity contribution >= 4 is 33.2 Å². The highest BCUT2D eigenvalue weighted by Crippen LogP contribution is 2.60. The van der Waals surface area contributed by atoms with Crippen LogP contribution in [-0.2, 0) is 14.8 Å². The quantitative estimate of drug-likeness (QED) is 0.210. The van der Waals surface area contributed by atoms with Crippen molar-refractivity contribution in [1.29, 1.82) is 0 Å². The molecule has 10 heteroatoms. The molecule has 0 heterocycles. The topological polar surface area (TPSA) is 66.9 Å². The molecule has 6 nitrogen and oxygen atoms in total. The van der Waals surface area contributed by atoms with Crippen molar-refractivity contribution in [2.45, 2.75) is 63.3 Å². The normalized spacial score (nSPS) is 24.3. The summed E-state index contributed by atoms with van der Waals surface area (Å²) in [7, 11) is -4.39. The van der Waals surface area contributed by atoms with Gasteiger partial charge in [-0.3, -0.25) is 9.10 Å². The van der Waals surface area contributed by atoms with E-state index in [1.54, 1.807) is 31.2 Å². The lowest BCUT2D eigenvalue weighted by molar-refractivity contribution is -0.157. The minimum Gasteiger partial charge on any atom is -0.491 e. The zero-order valence-electron chi connectivity index (χ0n) is 25.6. The molecule has 0 saturated heterocycles. The number of ether oxygens (including phenoxy) is 1. The van der Waals surface area contributed by atoms with Gasteiger partial charge in [0.05, 0.1) is 28.6 Å². The second kappa shape index (κ2) is 12.6. The molecule has 4 aliphatic carbocycles. The van der Waals surface area contributed by atoms with Crippen molar-refractivity contribution < 1.29 is 26.7 Å². The first kappa shape index (κ1) is 31.8. The third-order valence-electron chi connectivity index (χ3n) is 10.0. The van der Waals surface area contributed by atoms with Crippen molar-refractivity contribution in [3.63, 3.8) is 0 Å². The van der Waals surface area contributed by atoms with E-state index in [1.165, 1.54) is 43.5 Å². The largest absolute Gasteiger partial charge is 0.491 e. The van der Waals surface area contributed by atoms with Crippen molar-refractivity contribution in [3.8, 4) is 5.75 Å². The molecular formula is C35H39ClF2N2O4S. The van der Waals surface area contributed by atoms with Gasteiger partial charge >= 0.3 is 0 Å². The first-order valence-corrected chi connectivity index (χ1v) is 17.6. The van der Waals surface area contributed by atoms with Gasteiger partial charge in [-0.25, -0.2) is 17.2 Å². The van der Waals surface area contributed by atoms with E-state index in [0.717, 1.165) is 41.8 Å². The number of hydrogen-bond acceptors (Lipinski definition) is 4. The number of amides is 1. The van der Waals surface area contributed by atoms with E-state index in [-0.39, 0.29) is 22.8 Å². The van der Waals surface area contributed by atoms with Crippen LogP contribution in [0.2, 0.25) is 5.02 Å². The molecule has 4 saturated carbocycles. The van der Waals surface area contributed by atoms with Gasteiger partial charge in [0, 0.05) is 23.2 Å².